The number of aromatic nitrogens is 1. The summed E-state index contributed by atoms with van der Waals surface area (Å²) in [7, 11) is 3.99. The second kappa shape index (κ2) is 11.0. The normalized spacial score (nSPS) is 20.9. The predicted octanol–water partition coefficient (Wildman–Crippen LogP) is 4.02. The summed E-state index contributed by atoms with van der Waals surface area (Å²) in [4.78, 5) is 26.9. The Bertz CT molecular complexity index is 1110. The van der Waals surface area contributed by atoms with Gasteiger partial charge < -0.3 is 14.7 Å². The Kier molecular flexibility index (Phi) is 7.79. The van der Waals surface area contributed by atoms with E-state index in [9.17, 15) is 4.79 Å². The summed E-state index contributed by atoms with van der Waals surface area (Å²) >= 11 is 11.9. The standard InChI is InChI=1S/C28H36ClN5OS/c1-31(2)28(36)34-12-9-20(10-13-34)18-25(35)32-14-16-33(17-15-32)27-24-8-7-23(29)19-22(24)6-5-21-4-3-11-30-26(21)27/h3-4,7-8,11,19-20,27H,5-6,9-10,12-18H2,1-2H3. The van der Waals surface area contributed by atoms with Gasteiger partial charge in [-0.2, -0.15) is 0 Å². The average Bonchev–Trinajstić information content (AvgIpc) is 3.05. The van der Waals surface area contributed by atoms with Crippen LogP contribution in [0, 0.1) is 5.92 Å². The monoisotopic (exact) mass is 525 g/mol. The van der Waals surface area contributed by atoms with Gasteiger partial charge >= 0.3 is 0 Å². The summed E-state index contributed by atoms with van der Waals surface area (Å²) < 4.78 is 0. The van der Waals surface area contributed by atoms with Crippen LogP contribution in [0.15, 0.2) is 36.5 Å². The summed E-state index contributed by atoms with van der Waals surface area (Å²) in [5.74, 6) is 0.751. The topological polar surface area (TPSA) is 42.9 Å². The maximum absolute atomic E-state index is 13.2. The molecular formula is C28H36ClN5OS. The van der Waals surface area contributed by atoms with E-state index in [0.717, 1.165) is 80.8 Å². The van der Waals surface area contributed by atoms with Gasteiger partial charge in [-0.25, -0.2) is 0 Å². The van der Waals surface area contributed by atoms with Gasteiger partial charge in [0.25, 0.3) is 0 Å². The van der Waals surface area contributed by atoms with Crippen LogP contribution in [0.2, 0.25) is 5.02 Å². The summed E-state index contributed by atoms with van der Waals surface area (Å²) in [6, 6.07) is 10.6. The Morgan fingerprint density at radius 3 is 2.47 bits per heavy atom. The van der Waals surface area contributed by atoms with Crippen LogP contribution in [0.3, 0.4) is 0 Å². The number of hydrogen-bond donors (Lipinski definition) is 0. The number of pyridine rings is 1. The number of carbonyl (C=O) groups excluding carboxylic acids is 1. The molecule has 2 saturated heterocycles. The maximum Gasteiger partial charge on any atom is 0.222 e. The van der Waals surface area contributed by atoms with Crippen molar-refractivity contribution in [1.29, 1.82) is 0 Å². The van der Waals surface area contributed by atoms with Crippen molar-refractivity contribution >= 4 is 34.8 Å². The van der Waals surface area contributed by atoms with Crippen LogP contribution in [-0.2, 0) is 17.6 Å². The van der Waals surface area contributed by atoms with Gasteiger partial charge in [-0.1, -0.05) is 23.7 Å². The van der Waals surface area contributed by atoms with Crippen molar-refractivity contribution in [2.75, 3.05) is 53.4 Å². The molecule has 8 heteroatoms. The number of piperidine rings is 1. The first-order chi connectivity index (χ1) is 17.4. The summed E-state index contributed by atoms with van der Waals surface area (Å²) in [5.41, 5.74) is 5.08. The third-order valence-corrected chi connectivity index (χ3v) is 8.87. The van der Waals surface area contributed by atoms with Crippen molar-refractivity contribution in [3.05, 3.63) is 63.9 Å². The molecule has 3 heterocycles. The third kappa shape index (κ3) is 5.38. The zero-order chi connectivity index (χ0) is 25.2. The van der Waals surface area contributed by atoms with Crippen LogP contribution in [0.4, 0.5) is 0 Å². The highest BCUT2D eigenvalue weighted by molar-refractivity contribution is 7.80. The van der Waals surface area contributed by atoms with E-state index in [0.29, 0.717) is 18.2 Å². The van der Waals surface area contributed by atoms with Crippen LogP contribution >= 0.6 is 23.8 Å². The molecule has 3 aliphatic rings. The lowest BCUT2D eigenvalue weighted by Crippen LogP contribution is -2.50. The first kappa shape index (κ1) is 25.4. The quantitative estimate of drug-likeness (QED) is 0.564. The average molecular weight is 526 g/mol. The summed E-state index contributed by atoms with van der Waals surface area (Å²) in [5, 5.41) is 1.69. The molecule has 1 amide bonds. The Labute approximate surface area is 225 Å². The van der Waals surface area contributed by atoms with Crippen molar-refractivity contribution in [1.82, 2.24) is 24.6 Å². The molecule has 5 rings (SSSR count). The lowest BCUT2D eigenvalue weighted by molar-refractivity contribution is -0.134. The molecule has 1 unspecified atom stereocenters. The molecule has 0 bridgehead atoms. The largest absolute Gasteiger partial charge is 0.355 e. The fraction of sp³-hybridized carbons (Fsp3) is 0.536. The molecule has 0 radical (unpaired) electrons. The van der Waals surface area contributed by atoms with E-state index >= 15 is 0 Å². The molecule has 192 valence electrons. The fourth-order valence-corrected chi connectivity index (χ4v) is 6.35. The highest BCUT2D eigenvalue weighted by atomic mass is 35.5. The van der Waals surface area contributed by atoms with Crippen molar-refractivity contribution in [3.8, 4) is 0 Å². The van der Waals surface area contributed by atoms with Crippen LogP contribution < -0.4 is 0 Å². The Morgan fingerprint density at radius 1 is 1.03 bits per heavy atom. The van der Waals surface area contributed by atoms with Gasteiger partial charge in [0, 0.05) is 71.0 Å². The number of amides is 1. The minimum absolute atomic E-state index is 0.109. The van der Waals surface area contributed by atoms with Crippen LogP contribution in [0.5, 0.6) is 0 Å². The molecule has 2 aromatic rings. The highest BCUT2D eigenvalue weighted by Crippen LogP contribution is 2.37. The maximum atomic E-state index is 13.2. The number of fused-ring (bicyclic) bond motifs is 2. The predicted molar refractivity (Wildman–Crippen MR) is 148 cm³/mol. The lowest BCUT2D eigenvalue weighted by Gasteiger charge is -2.40. The highest BCUT2D eigenvalue weighted by Gasteiger charge is 2.34. The number of rotatable bonds is 3. The number of hydrogen-bond acceptors (Lipinski definition) is 4. The van der Waals surface area contributed by atoms with Crippen molar-refractivity contribution in [2.24, 2.45) is 5.92 Å². The SMILES string of the molecule is CN(C)C(=S)N1CCC(CC(=O)N2CCN(C3c4ccc(Cl)cc4CCc4cccnc43)CC2)CC1. The van der Waals surface area contributed by atoms with E-state index in [1.807, 2.05) is 37.3 Å². The Balaban J connectivity index is 1.22. The molecule has 1 aromatic carbocycles. The van der Waals surface area contributed by atoms with Crippen molar-refractivity contribution in [3.63, 3.8) is 0 Å². The van der Waals surface area contributed by atoms with Gasteiger partial charge in [0.15, 0.2) is 5.11 Å². The first-order valence-electron chi connectivity index (χ1n) is 13.1. The van der Waals surface area contributed by atoms with E-state index < -0.39 is 0 Å². The van der Waals surface area contributed by atoms with Gasteiger partial charge in [-0.3, -0.25) is 14.7 Å². The Hall–Kier alpha value is -2.22. The molecule has 1 aliphatic carbocycles. The number of benzene rings is 1. The van der Waals surface area contributed by atoms with Gasteiger partial charge in [0.1, 0.15) is 0 Å². The van der Waals surface area contributed by atoms with Gasteiger partial charge in [-0.05, 0) is 78.7 Å². The second-order valence-electron chi connectivity index (χ2n) is 10.5. The van der Waals surface area contributed by atoms with Gasteiger partial charge in [0.2, 0.25) is 5.91 Å². The zero-order valence-corrected chi connectivity index (χ0v) is 22.9. The van der Waals surface area contributed by atoms with Gasteiger partial charge in [-0.15, -0.1) is 0 Å². The number of nitrogens with zero attached hydrogens (tertiary/aromatic N) is 5. The minimum atomic E-state index is 0.109. The van der Waals surface area contributed by atoms with Crippen LogP contribution in [0.25, 0.3) is 0 Å². The molecule has 2 fully saturated rings. The van der Waals surface area contributed by atoms with E-state index in [1.165, 1.54) is 16.7 Å². The van der Waals surface area contributed by atoms with Crippen molar-refractivity contribution < 1.29 is 4.79 Å². The third-order valence-electron chi connectivity index (χ3n) is 8.01. The second-order valence-corrected chi connectivity index (χ2v) is 11.3. The first-order valence-corrected chi connectivity index (χ1v) is 13.9. The Morgan fingerprint density at radius 2 is 1.75 bits per heavy atom. The van der Waals surface area contributed by atoms with E-state index in [1.54, 1.807) is 0 Å². The van der Waals surface area contributed by atoms with E-state index in [2.05, 4.69) is 32.9 Å². The molecule has 0 N–H and O–H groups in total. The lowest BCUT2D eigenvalue weighted by atomic mass is 9.93. The number of carbonyl (C=O) groups is 1. The van der Waals surface area contributed by atoms with Crippen LogP contribution in [0.1, 0.15) is 47.7 Å². The van der Waals surface area contributed by atoms with Crippen molar-refractivity contribution in [2.45, 2.75) is 38.1 Å². The van der Waals surface area contributed by atoms with E-state index in [4.69, 9.17) is 28.8 Å². The molecule has 6 nitrogen and oxygen atoms in total. The molecule has 0 spiro atoms. The molecule has 1 atom stereocenters. The smallest absolute Gasteiger partial charge is 0.222 e. The number of aryl methyl sites for hydroxylation is 2. The molecule has 0 saturated carbocycles. The summed E-state index contributed by atoms with van der Waals surface area (Å²) in [6.45, 7) is 5.13. The zero-order valence-electron chi connectivity index (χ0n) is 21.3. The van der Waals surface area contributed by atoms with E-state index in [-0.39, 0.29) is 6.04 Å². The minimum Gasteiger partial charge on any atom is -0.355 e. The fourth-order valence-electron chi connectivity index (χ4n) is 5.97. The number of likely N-dealkylation sites (tertiary alicyclic amines) is 1. The number of thiocarbonyl (C=S) groups is 1. The molecule has 1 aromatic heterocycles. The van der Waals surface area contributed by atoms with Crippen LogP contribution in [-0.4, -0.2) is 89.0 Å². The summed E-state index contributed by atoms with van der Waals surface area (Å²) in [6.07, 6.45) is 6.57. The number of piperazine rings is 1. The molecular weight excluding hydrogens is 490 g/mol. The molecule has 2 aliphatic heterocycles. The van der Waals surface area contributed by atoms with Gasteiger partial charge in [0.05, 0.1) is 11.7 Å². The molecule has 36 heavy (non-hydrogen) atoms. The number of halogens is 1.